The fourth-order valence-electron chi connectivity index (χ4n) is 4.60. The Morgan fingerprint density at radius 2 is 1.53 bits per heavy atom. The van der Waals surface area contributed by atoms with Gasteiger partial charge in [0, 0.05) is 17.8 Å². The SMILES string of the molecule is CCN=[S-](=O)c1cccc(C(=O)Nc2ccc(OCC3CC3)cc2C(=O)Nc2ccc(CCc3ccc(C(=O)O)cc3)cc2)c1. The van der Waals surface area contributed by atoms with Crippen molar-refractivity contribution in [2.75, 3.05) is 23.8 Å². The summed E-state index contributed by atoms with van der Waals surface area (Å²) in [6.45, 7) is 2.76. The molecule has 0 aliphatic heterocycles. The summed E-state index contributed by atoms with van der Waals surface area (Å²) in [5.41, 5.74) is 3.79. The molecule has 0 bridgehead atoms. The van der Waals surface area contributed by atoms with Crippen LogP contribution in [0.3, 0.4) is 0 Å². The number of anilines is 2. The normalized spacial score (nSPS) is 13.2. The number of carboxylic acids is 1. The Balaban J connectivity index is 1.29. The molecule has 0 spiro atoms. The third-order valence-corrected chi connectivity index (χ3v) is 8.48. The molecular weight excluding hydrogens is 590 g/mol. The summed E-state index contributed by atoms with van der Waals surface area (Å²) in [5, 5.41) is 14.8. The monoisotopic (exact) mass is 624 g/mol. The van der Waals surface area contributed by atoms with Gasteiger partial charge in [-0.15, -0.1) is 0 Å². The zero-order valence-electron chi connectivity index (χ0n) is 24.8. The summed E-state index contributed by atoms with van der Waals surface area (Å²) < 4.78 is 22.2. The molecule has 1 fully saturated rings. The molecule has 10 heteroatoms. The third kappa shape index (κ3) is 8.79. The fraction of sp³-hybridized carbons (Fsp3) is 0.229. The van der Waals surface area contributed by atoms with Crippen molar-refractivity contribution in [3.63, 3.8) is 0 Å². The summed E-state index contributed by atoms with van der Waals surface area (Å²) in [6.07, 6.45) is 3.75. The first-order chi connectivity index (χ1) is 21.8. The van der Waals surface area contributed by atoms with E-state index >= 15 is 0 Å². The van der Waals surface area contributed by atoms with Gasteiger partial charge in [-0.05, 0) is 98.2 Å². The van der Waals surface area contributed by atoms with Gasteiger partial charge < -0.3 is 29.0 Å². The Hall–Kier alpha value is -4.96. The standard InChI is InChI=1S/C35H34N3O6S/c1-2-36-45(43)30-5-3-4-27(20-30)33(39)38-32-19-18-29(44-22-25-8-9-25)21-31(32)34(40)37-28-16-12-24(13-17-28)7-6-23-10-14-26(15-11-23)35(41)42/h3-5,10-21,25H,2,6-9,22H2,1H3,(H,37,40)(H,38,39)(H,41,42)/q-1. The van der Waals surface area contributed by atoms with E-state index in [9.17, 15) is 18.6 Å². The molecule has 45 heavy (non-hydrogen) atoms. The van der Waals surface area contributed by atoms with Crippen molar-refractivity contribution < 1.29 is 28.4 Å². The van der Waals surface area contributed by atoms with Crippen LogP contribution in [-0.2, 0) is 27.6 Å². The van der Waals surface area contributed by atoms with Crippen molar-refractivity contribution in [2.24, 2.45) is 10.3 Å². The Morgan fingerprint density at radius 3 is 2.18 bits per heavy atom. The molecule has 2 amide bonds. The molecule has 0 aromatic heterocycles. The fourth-order valence-corrected chi connectivity index (χ4v) is 5.40. The number of aryl methyl sites for hydroxylation is 2. The topological polar surface area (TPSA) is 134 Å². The van der Waals surface area contributed by atoms with Crippen LogP contribution in [0.25, 0.3) is 0 Å². The number of ether oxygens (including phenoxy) is 1. The highest BCUT2D eigenvalue weighted by Gasteiger charge is 2.23. The van der Waals surface area contributed by atoms with E-state index in [0.717, 1.165) is 36.8 Å². The van der Waals surface area contributed by atoms with E-state index in [1.54, 1.807) is 55.5 Å². The predicted octanol–water partition coefficient (Wildman–Crippen LogP) is 6.99. The summed E-state index contributed by atoms with van der Waals surface area (Å²) in [4.78, 5) is 38.2. The minimum absolute atomic E-state index is 0.242. The maximum Gasteiger partial charge on any atom is 0.335 e. The van der Waals surface area contributed by atoms with Gasteiger partial charge in [-0.1, -0.05) is 47.4 Å². The quantitative estimate of drug-likeness (QED) is 0.137. The average Bonchev–Trinajstić information content (AvgIpc) is 3.89. The summed E-state index contributed by atoms with van der Waals surface area (Å²) >= 11 is 0. The number of aromatic carboxylic acids is 1. The second-order valence-corrected chi connectivity index (χ2v) is 12.0. The highest BCUT2D eigenvalue weighted by atomic mass is 32.2. The van der Waals surface area contributed by atoms with Crippen LogP contribution in [0.1, 0.15) is 62.0 Å². The number of hydrogen-bond donors (Lipinski definition) is 3. The highest BCUT2D eigenvalue weighted by Crippen LogP contribution is 2.31. The van der Waals surface area contributed by atoms with Crippen molar-refractivity contribution >= 4 is 39.8 Å². The molecule has 1 aliphatic carbocycles. The van der Waals surface area contributed by atoms with Crippen molar-refractivity contribution in [1.29, 1.82) is 0 Å². The molecule has 0 unspecified atom stereocenters. The molecule has 4 aromatic carbocycles. The molecule has 0 radical (unpaired) electrons. The van der Waals surface area contributed by atoms with Gasteiger partial charge in [0.25, 0.3) is 11.8 Å². The minimum atomic E-state index is -1.57. The van der Waals surface area contributed by atoms with Crippen molar-refractivity contribution in [3.8, 4) is 5.75 Å². The van der Waals surface area contributed by atoms with Gasteiger partial charge in [0.2, 0.25) is 0 Å². The lowest BCUT2D eigenvalue weighted by Crippen LogP contribution is -2.18. The average molecular weight is 625 g/mol. The number of amides is 2. The van der Waals surface area contributed by atoms with Crippen LogP contribution in [0.15, 0.2) is 100 Å². The van der Waals surface area contributed by atoms with Crippen LogP contribution < -0.4 is 15.4 Å². The Kier molecular flexibility index (Phi) is 10.3. The minimum Gasteiger partial charge on any atom is -0.493 e. The van der Waals surface area contributed by atoms with Crippen molar-refractivity contribution in [1.82, 2.24) is 0 Å². The van der Waals surface area contributed by atoms with E-state index in [1.165, 1.54) is 6.07 Å². The zero-order chi connectivity index (χ0) is 31.8. The van der Waals surface area contributed by atoms with Gasteiger partial charge in [0.1, 0.15) is 5.75 Å². The lowest BCUT2D eigenvalue weighted by atomic mass is 10.0. The van der Waals surface area contributed by atoms with E-state index in [4.69, 9.17) is 9.84 Å². The van der Waals surface area contributed by atoms with Crippen molar-refractivity contribution in [3.05, 3.63) is 119 Å². The van der Waals surface area contributed by atoms with E-state index in [2.05, 4.69) is 15.0 Å². The van der Waals surface area contributed by atoms with Gasteiger partial charge >= 0.3 is 5.97 Å². The number of benzene rings is 4. The van der Waals surface area contributed by atoms with Crippen LogP contribution >= 0.6 is 0 Å². The zero-order valence-corrected chi connectivity index (χ0v) is 25.6. The van der Waals surface area contributed by atoms with E-state index in [-0.39, 0.29) is 11.1 Å². The second-order valence-electron chi connectivity index (χ2n) is 10.8. The molecule has 0 heterocycles. The van der Waals surface area contributed by atoms with Gasteiger partial charge in [-0.2, -0.15) is 10.6 Å². The van der Waals surface area contributed by atoms with E-state index in [0.29, 0.717) is 46.7 Å². The Bertz CT molecular complexity index is 1780. The smallest absolute Gasteiger partial charge is 0.335 e. The third-order valence-electron chi connectivity index (χ3n) is 7.33. The maximum atomic E-state index is 13.5. The van der Waals surface area contributed by atoms with Gasteiger partial charge in [0.15, 0.2) is 0 Å². The molecule has 3 N–H and O–H groups in total. The maximum absolute atomic E-state index is 13.5. The molecule has 1 aliphatic rings. The molecule has 5 rings (SSSR count). The number of nitrogens with zero attached hydrogens (tertiary/aromatic N) is 1. The lowest BCUT2D eigenvalue weighted by molar-refractivity contribution is 0.0696. The van der Waals surface area contributed by atoms with Gasteiger partial charge in [0.05, 0.1) is 23.4 Å². The van der Waals surface area contributed by atoms with E-state index < -0.39 is 28.4 Å². The lowest BCUT2D eigenvalue weighted by Gasteiger charge is -2.15. The number of nitrogens with one attached hydrogen (secondary N) is 2. The van der Waals surface area contributed by atoms with Gasteiger partial charge in [-0.25, -0.2) is 4.79 Å². The molecule has 232 valence electrons. The number of carbonyl (C=O) groups is 3. The van der Waals surface area contributed by atoms with Gasteiger partial charge in [-0.3, -0.25) is 9.59 Å². The molecule has 4 aromatic rings. The molecule has 0 atom stereocenters. The Morgan fingerprint density at radius 1 is 0.844 bits per heavy atom. The van der Waals surface area contributed by atoms with Crippen molar-refractivity contribution in [2.45, 2.75) is 37.5 Å². The molecule has 0 saturated heterocycles. The van der Waals surface area contributed by atoms with Crippen LogP contribution in [-0.4, -0.2) is 36.0 Å². The predicted molar refractivity (Wildman–Crippen MR) is 174 cm³/mol. The highest BCUT2D eigenvalue weighted by molar-refractivity contribution is 7.74. The summed E-state index contributed by atoms with van der Waals surface area (Å²) in [5.74, 6) is -0.746. The van der Waals surface area contributed by atoms with Crippen LogP contribution in [0.5, 0.6) is 5.75 Å². The Labute approximate surface area is 263 Å². The van der Waals surface area contributed by atoms with E-state index in [1.807, 2.05) is 36.4 Å². The second kappa shape index (κ2) is 14.7. The first-order valence-electron chi connectivity index (χ1n) is 14.8. The largest absolute Gasteiger partial charge is 0.493 e. The first kappa shape index (κ1) is 31.5. The number of hydrogen-bond acceptors (Lipinski definition) is 7. The van der Waals surface area contributed by atoms with Crippen LogP contribution in [0, 0.1) is 5.92 Å². The number of rotatable bonds is 13. The number of carboxylic acid groups (broad SMARTS) is 1. The van der Waals surface area contributed by atoms with Crippen LogP contribution in [0.4, 0.5) is 11.4 Å². The summed E-state index contributed by atoms with van der Waals surface area (Å²) in [6, 6.07) is 25.8. The molecular formula is C35H34N3O6S-. The van der Waals surface area contributed by atoms with Crippen LogP contribution in [0.2, 0.25) is 0 Å². The molecule has 9 nitrogen and oxygen atoms in total. The first-order valence-corrected chi connectivity index (χ1v) is 15.9. The number of carbonyl (C=O) groups excluding carboxylic acids is 2. The molecule has 1 saturated carbocycles. The summed E-state index contributed by atoms with van der Waals surface area (Å²) in [7, 11) is -1.57.